The lowest BCUT2D eigenvalue weighted by Gasteiger charge is -2.38. The second-order valence-corrected chi connectivity index (χ2v) is 8.03. The van der Waals surface area contributed by atoms with Gasteiger partial charge in [-0.1, -0.05) is 11.6 Å². The third-order valence-electron chi connectivity index (χ3n) is 4.06. The minimum atomic E-state index is -2.75. The number of fused-ring (bicyclic) bond motifs is 1. The lowest BCUT2D eigenvalue weighted by Crippen LogP contribution is -2.54. The molecule has 0 aliphatic carbocycles. The molecule has 2 atom stereocenters. The Balaban J connectivity index is 1.73. The average Bonchev–Trinajstić information content (AvgIpc) is 2.64. The van der Waals surface area contributed by atoms with E-state index in [-0.39, 0.29) is 30.7 Å². The average molecular weight is 430 g/mol. The zero-order valence-corrected chi connectivity index (χ0v) is 17.0. The molecule has 2 aromatic rings. The van der Waals surface area contributed by atoms with Gasteiger partial charge in [-0.05, 0) is 32.9 Å². The highest BCUT2D eigenvalue weighted by molar-refractivity contribution is 6.30. The van der Waals surface area contributed by atoms with Gasteiger partial charge in [0.15, 0.2) is 0 Å². The van der Waals surface area contributed by atoms with Crippen LogP contribution in [-0.4, -0.2) is 64.9 Å². The number of halogens is 3. The Hall–Kier alpha value is -2.26. The molecular weight excluding hydrogens is 408 g/mol. The molecule has 0 aromatic carbocycles. The van der Waals surface area contributed by atoms with Gasteiger partial charge in [-0.15, -0.1) is 0 Å². The number of aromatic nitrogens is 2. The first-order valence-corrected chi connectivity index (χ1v) is 9.46. The van der Waals surface area contributed by atoms with E-state index in [4.69, 9.17) is 25.8 Å². The Morgan fingerprint density at radius 3 is 2.86 bits per heavy atom. The van der Waals surface area contributed by atoms with Gasteiger partial charge in [0.1, 0.15) is 29.6 Å². The van der Waals surface area contributed by atoms with E-state index in [1.807, 2.05) is 0 Å². The van der Waals surface area contributed by atoms with Gasteiger partial charge in [0, 0.05) is 12.3 Å². The molecule has 7 nitrogen and oxygen atoms in total. The fraction of sp³-hybridized carbons (Fsp3) is 0.526. The minimum absolute atomic E-state index is 0.0505. The van der Waals surface area contributed by atoms with Crippen LogP contribution in [0.25, 0.3) is 10.9 Å². The molecular formula is C19H22ClF2N3O4. The zero-order chi connectivity index (χ0) is 21.2. The molecule has 10 heteroatoms. The van der Waals surface area contributed by atoms with Crippen molar-refractivity contribution in [2.45, 2.75) is 45.0 Å². The molecule has 2 aromatic heterocycles. The molecule has 1 amide bonds. The van der Waals surface area contributed by atoms with Gasteiger partial charge < -0.3 is 19.1 Å². The third-order valence-corrected chi connectivity index (χ3v) is 4.26. The van der Waals surface area contributed by atoms with E-state index in [0.29, 0.717) is 10.9 Å². The van der Waals surface area contributed by atoms with Crippen LogP contribution >= 0.6 is 11.6 Å². The molecule has 0 N–H and O–H groups in total. The first-order chi connectivity index (χ1) is 13.6. The number of pyridine rings is 2. The van der Waals surface area contributed by atoms with E-state index in [9.17, 15) is 13.6 Å². The summed E-state index contributed by atoms with van der Waals surface area (Å²) in [5.74, 6) is 0.215. The van der Waals surface area contributed by atoms with Crippen molar-refractivity contribution in [1.82, 2.24) is 14.9 Å². The van der Waals surface area contributed by atoms with Gasteiger partial charge in [0.05, 0.1) is 24.0 Å². The number of nitrogens with zero attached hydrogens (tertiary/aromatic N) is 3. The maximum Gasteiger partial charge on any atom is 0.410 e. The lowest BCUT2D eigenvalue weighted by molar-refractivity contribution is -0.146. The summed E-state index contributed by atoms with van der Waals surface area (Å²) in [5.41, 5.74) is -0.147. The molecule has 0 unspecified atom stereocenters. The highest BCUT2D eigenvalue weighted by Crippen LogP contribution is 2.26. The third kappa shape index (κ3) is 5.63. The number of hydrogen-bond donors (Lipinski definition) is 0. The summed E-state index contributed by atoms with van der Waals surface area (Å²) in [6, 6.07) is 5.08. The molecule has 1 fully saturated rings. The quantitative estimate of drug-likeness (QED) is 0.685. The minimum Gasteiger partial charge on any atom is -0.474 e. The van der Waals surface area contributed by atoms with E-state index in [1.165, 1.54) is 4.90 Å². The molecule has 158 valence electrons. The van der Waals surface area contributed by atoms with Crippen molar-refractivity contribution in [3.63, 3.8) is 0 Å². The fourth-order valence-corrected chi connectivity index (χ4v) is 3.06. The Bertz CT molecular complexity index is 878. The Kier molecular flexibility index (Phi) is 6.38. The number of hydrogen-bond acceptors (Lipinski definition) is 6. The predicted molar refractivity (Wildman–Crippen MR) is 103 cm³/mol. The number of rotatable bonds is 4. The smallest absolute Gasteiger partial charge is 0.410 e. The van der Waals surface area contributed by atoms with E-state index in [1.54, 1.807) is 45.2 Å². The molecule has 29 heavy (non-hydrogen) atoms. The summed E-state index contributed by atoms with van der Waals surface area (Å²) in [4.78, 5) is 21.9. The van der Waals surface area contributed by atoms with E-state index >= 15 is 0 Å². The van der Waals surface area contributed by atoms with Crippen LogP contribution in [0.1, 0.15) is 20.8 Å². The van der Waals surface area contributed by atoms with E-state index < -0.39 is 30.3 Å². The number of amides is 1. The molecule has 0 spiro atoms. The first kappa shape index (κ1) is 21.4. The van der Waals surface area contributed by atoms with Crippen molar-refractivity contribution in [3.8, 4) is 5.88 Å². The van der Waals surface area contributed by atoms with Gasteiger partial charge in [-0.2, -0.15) is 0 Å². The standard InChI is InChI=1S/C19H22ClF2N3O4/c1-19(2,3)29-18(26)25-8-11(28-14(9-25)16(21)22)10-27-17-12-5-4-6-23-13(12)7-15(20)24-17/h4-7,11,14,16H,8-10H2,1-3H3/t11-,14-/m0/s1. The largest absolute Gasteiger partial charge is 0.474 e. The molecule has 0 bridgehead atoms. The molecule has 0 saturated carbocycles. The molecule has 0 radical (unpaired) electrons. The van der Waals surface area contributed by atoms with Crippen LogP contribution in [0, 0.1) is 0 Å². The topological polar surface area (TPSA) is 73.8 Å². The normalized spacial score (nSPS) is 20.2. The maximum absolute atomic E-state index is 13.3. The van der Waals surface area contributed by atoms with Crippen LogP contribution in [0.4, 0.5) is 13.6 Å². The van der Waals surface area contributed by atoms with Gasteiger partial charge in [-0.25, -0.2) is 18.6 Å². The van der Waals surface area contributed by atoms with Crippen molar-refractivity contribution in [1.29, 1.82) is 0 Å². The summed E-state index contributed by atoms with van der Waals surface area (Å²) in [6.45, 7) is 4.82. The second kappa shape index (κ2) is 8.62. The van der Waals surface area contributed by atoms with Crippen LogP contribution in [0.5, 0.6) is 5.88 Å². The zero-order valence-electron chi connectivity index (χ0n) is 16.3. The fourth-order valence-electron chi connectivity index (χ4n) is 2.88. The number of alkyl halides is 2. The molecule has 3 heterocycles. The Morgan fingerprint density at radius 2 is 2.17 bits per heavy atom. The van der Waals surface area contributed by atoms with Gasteiger partial charge in [0.2, 0.25) is 5.88 Å². The lowest BCUT2D eigenvalue weighted by atomic mass is 10.2. The van der Waals surface area contributed by atoms with Crippen molar-refractivity contribution in [3.05, 3.63) is 29.5 Å². The van der Waals surface area contributed by atoms with Crippen LogP contribution in [-0.2, 0) is 9.47 Å². The molecule has 1 aliphatic heterocycles. The summed E-state index contributed by atoms with van der Waals surface area (Å²) in [6.07, 6.45) is -4.04. The van der Waals surface area contributed by atoms with Crippen molar-refractivity contribution < 1.29 is 27.8 Å². The number of morpholine rings is 1. The van der Waals surface area contributed by atoms with Gasteiger partial charge >= 0.3 is 6.09 Å². The highest BCUT2D eigenvalue weighted by Gasteiger charge is 2.37. The van der Waals surface area contributed by atoms with E-state index in [0.717, 1.165) is 0 Å². The Morgan fingerprint density at radius 1 is 1.41 bits per heavy atom. The van der Waals surface area contributed by atoms with Crippen molar-refractivity contribution >= 4 is 28.6 Å². The molecule has 1 aliphatic rings. The molecule has 3 rings (SSSR count). The summed E-state index contributed by atoms with van der Waals surface area (Å²) >= 11 is 6.01. The number of carbonyl (C=O) groups is 1. The first-order valence-electron chi connectivity index (χ1n) is 9.08. The van der Waals surface area contributed by atoms with Gasteiger partial charge in [0.25, 0.3) is 6.43 Å². The van der Waals surface area contributed by atoms with Crippen molar-refractivity contribution in [2.75, 3.05) is 19.7 Å². The van der Waals surface area contributed by atoms with Crippen LogP contribution in [0.3, 0.4) is 0 Å². The number of carbonyl (C=O) groups excluding carboxylic acids is 1. The van der Waals surface area contributed by atoms with Crippen LogP contribution < -0.4 is 4.74 Å². The predicted octanol–water partition coefficient (Wildman–Crippen LogP) is 3.93. The summed E-state index contributed by atoms with van der Waals surface area (Å²) < 4.78 is 43.1. The summed E-state index contributed by atoms with van der Waals surface area (Å²) in [5, 5.41) is 0.818. The molecule has 1 saturated heterocycles. The monoisotopic (exact) mass is 429 g/mol. The van der Waals surface area contributed by atoms with Crippen molar-refractivity contribution in [2.24, 2.45) is 0 Å². The highest BCUT2D eigenvalue weighted by atomic mass is 35.5. The van der Waals surface area contributed by atoms with E-state index in [2.05, 4.69) is 9.97 Å². The van der Waals surface area contributed by atoms with Gasteiger partial charge in [-0.3, -0.25) is 4.98 Å². The van der Waals surface area contributed by atoms with Crippen LogP contribution in [0.15, 0.2) is 24.4 Å². The second-order valence-electron chi connectivity index (χ2n) is 7.65. The SMILES string of the molecule is CC(C)(C)OC(=O)N1C[C@@H](COc2nc(Cl)cc3ncccc23)O[C@H](C(F)F)C1. The Labute approximate surface area is 171 Å². The maximum atomic E-state index is 13.3. The van der Waals surface area contributed by atoms with Crippen LogP contribution in [0.2, 0.25) is 5.15 Å². The summed E-state index contributed by atoms with van der Waals surface area (Å²) in [7, 11) is 0. The number of ether oxygens (including phenoxy) is 3.